The number of thiocarbonyl (C=S) groups is 1. The quantitative estimate of drug-likeness (QED) is 0.550. The van der Waals surface area contributed by atoms with Crippen molar-refractivity contribution in [1.82, 2.24) is 19.9 Å². The molecule has 0 amide bonds. The number of aliphatic hydroxyl groups excluding tert-OH is 1. The molecule has 3 N–H and O–H groups in total. The van der Waals surface area contributed by atoms with E-state index in [0.29, 0.717) is 40.8 Å². The van der Waals surface area contributed by atoms with E-state index in [9.17, 15) is 13.9 Å². The lowest BCUT2D eigenvalue weighted by Gasteiger charge is -2.26. The molecule has 3 heterocycles. The third-order valence-electron chi connectivity index (χ3n) is 5.54. The van der Waals surface area contributed by atoms with Gasteiger partial charge in [0.15, 0.2) is 10.8 Å². The number of nitrogens with one attached hydrogen (secondary N) is 2. The average molecular weight is 430 g/mol. The van der Waals surface area contributed by atoms with Gasteiger partial charge in [-0.05, 0) is 55.7 Å². The predicted octanol–water partition coefficient (Wildman–Crippen LogP) is 2.77. The first-order chi connectivity index (χ1) is 14.5. The second-order valence-electron chi connectivity index (χ2n) is 7.64. The van der Waals surface area contributed by atoms with Crippen LogP contribution in [0.15, 0.2) is 36.7 Å². The Morgan fingerprint density at radius 1 is 1.27 bits per heavy atom. The molecular formula is C20H20F2N6OS. The summed E-state index contributed by atoms with van der Waals surface area (Å²) in [6.07, 6.45) is 5.28. The highest BCUT2D eigenvalue weighted by Gasteiger charge is 2.35. The summed E-state index contributed by atoms with van der Waals surface area (Å²) in [6.45, 7) is 0.695. The predicted molar refractivity (Wildman–Crippen MR) is 112 cm³/mol. The summed E-state index contributed by atoms with van der Waals surface area (Å²) < 4.78 is 29.7. The SMILES string of the molecule is O[C@@H]1C[C@H]1NC(=S)Nc1cnn2ccc(N3CCC[C@@H]3c3cc(F)ccc3F)nc12. The molecule has 2 aliphatic rings. The van der Waals surface area contributed by atoms with E-state index in [4.69, 9.17) is 17.2 Å². The van der Waals surface area contributed by atoms with Gasteiger partial charge in [-0.3, -0.25) is 0 Å². The van der Waals surface area contributed by atoms with E-state index in [-0.39, 0.29) is 18.2 Å². The number of hydrogen-bond donors (Lipinski definition) is 3. The van der Waals surface area contributed by atoms with Gasteiger partial charge in [-0.2, -0.15) is 5.10 Å². The number of fused-ring (bicyclic) bond motifs is 1. The third-order valence-corrected chi connectivity index (χ3v) is 5.76. The van der Waals surface area contributed by atoms with Crippen LogP contribution in [0.4, 0.5) is 20.3 Å². The molecule has 0 bridgehead atoms. The number of hydrogen-bond acceptors (Lipinski definition) is 5. The maximum absolute atomic E-state index is 14.4. The van der Waals surface area contributed by atoms with E-state index in [0.717, 1.165) is 18.9 Å². The zero-order chi connectivity index (χ0) is 20.8. The van der Waals surface area contributed by atoms with E-state index in [1.165, 1.54) is 12.1 Å². The Kier molecular flexibility index (Phi) is 4.75. The summed E-state index contributed by atoms with van der Waals surface area (Å²) in [5, 5.41) is 20.2. The van der Waals surface area contributed by atoms with E-state index < -0.39 is 11.6 Å². The second kappa shape index (κ2) is 7.44. The first-order valence-electron chi connectivity index (χ1n) is 9.81. The normalized spacial score (nSPS) is 23.0. The van der Waals surface area contributed by atoms with Crippen molar-refractivity contribution in [3.05, 3.63) is 53.9 Å². The Hall–Kier alpha value is -2.85. The van der Waals surface area contributed by atoms with Crippen molar-refractivity contribution >= 4 is 34.5 Å². The van der Waals surface area contributed by atoms with Gasteiger partial charge in [-0.1, -0.05) is 0 Å². The lowest BCUT2D eigenvalue weighted by molar-refractivity contribution is 0.269. The van der Waals surface area contributed by atoms with Crippen LogP contribution in [-0.4, -0.2) is 43.5 Å². The molecule has 5 rings (SSSR count). The smallest absolute Gasteiger partial charge is 0.180 e. The largest absolute Gasteiger partial charge is 0.391 e. The van der Waals surface area contributed by atoms with Gasteiger partial charge >= 0.3 is 0 Å². The van der Waals surface area contributed by atoms with Crippen molar-refractivity contribution in [1.29, 1.82) is 0 Å². The molecule has 1 saturated heterocycles. The number of aromatic nitrogens is 3. The Morgan fingerprint density at radius 3 is 2.90 bits per heavy atom. The topological polar surface area (TPSA) is 77.7 Å². The van der Waals surface area contributed by atoms with Gasteiger partial charge in [0.1, 0.15) is 23.1 Å². The van der Waals surface area contributed by atoms with Gasteiger partial charge in [0, 0.05) is 18.3 Å². The average Bonchev–Trinajstić information content (AvgIpc) is 3.11. The van der Waals surface area contributed by atoms with E-state index in [1.54, 1.807) is 16.9 Å². The second-order valence-corrected chi connectivity index (χ2v) is 8.05. The van der Waals surface area contributed by atoms with Crippen LogP contribution in [0.25, 0.3) is 5.65 Å². The van der Waals surface area contributed by atoms with Crippen LogP contribution in [0.2, 0.25) is 0 Å². The third kappa shape index (κ3) is 3.56. The molecule has 30 heavy (non-hydrogen) atoms. The molecule has 1 aliphatic carbocycles. The molecule has 2 aromatic heterocycles. The van der Waals surface area contributed by atoms with Crippen molar-refractivity contribution in [3.63, 3.8) is 0 Å². The number of benzene rings is 1. The minimum absolute atomic E-state index is 0.0260. The van der Waals surface area contributed by atoms with Gasteiger partial charge in [0.25, 0.3) is 0 Å². The first kappa shape index (κ1) is 19.1. The Labute approximate surface area is 176 Å². The van der Waals surface area contributed by atoms with Gasteiger partial charge in [-0.25, -0.2) is 18.3 Å². The van der Waals surface area contributed by atoms with Crippen LogP contribution in [0.3, 0.4) is 0 Å². The number of rotatable bonds is 4. The van der Waals surface area contributed by atoms with Crippen molar-refractivity contribution < 1.29 is 13.9 Å². The Morgan fingerprint density at radius 2 is 2.10 bits per heavy atom. The van der Waals surface area contributed by atoms with E-state index >= 15 is 0 Å². The molecule has 1 saturated carbocycles. The molecule has 3 aromatic rings. The molecule has 2 fully saturated rings. The highest BCUT2D eigenvalue weighted by atomic mass is 32.1. The van der Waals surface area contributed by atoms with Crippen molar-refractivity contribution in [2.75, 3.05) is 16.8 Å². The van der Waals surface area contributed by atoms with Gasteiger partial charge in [0.2, 0.25) is 0 Å². The highest BCUT2D eigenvalue weighted by molar-refractivity contribution is 7.80. The van der Waals surface area contributed by atoms with Crippen LogP contribution < -0.4 is 15.5 Å². The van der Waals surface area contributed by atoms with Crippen LogP contribution in [0, 0.1) is 11.6 Å². The monoisotopic (exact) mass is 430 g/mol. The number of aliphatic hydroxyl groups is 1. The minimum Gasteiger partial charge on any atom is -0.391 e. The summed E-state index contributed by atoms with van der Waals surface area (Å²) in [7, 11) is 0. The van der Waals surface area contributed by atoms with Crippen molar-refractivity contribution in [3.8, 4) is 0 Å². The molecular weight excluding hydrogens is 410 g/mol. The highest BCUT2D eigenvalue weighted by Crippen LogP contribution is 2.37. The van der Waals surface area contributed by atoms with Gasteiger partial charge < -0.3 is 20.6 Å². The first-order valence-corrected chi connectivity index (χ1v) is 10.2. The van der Waals surface area contributed by atoms with Gasteiger partial charge in [-0.15, -0.1) is 0 Å². The molecule has 0 unspecified atom stereocenters. The van der Waals surface area contributed by atoms with Crippen LogP contribution in [-0.2, 0) is 0 Å². The summed E-state index contributed by atoms with van der Waals surface area (Å²) in [5.74, 6) is -0.209. The Bertz CT molecular complexity index is 1120. The van der Waals surface area contributed by atoms with Crippen molar-refractivity contribution in [2.45, 2.75) is 37.5 Å². The summed E-state index contributed by atoms with van der Waals surface area (Å²) in [6, 6.07) is 5.07. The lowest BCUT2D eigenvalue weighted by Crippen LogP contribution is -2.31. The Balaban J connectivity index is 1.42. The van der Waals surface area contributed by atoms with Gasteiger partial charge in [0.05, 0.1) is 24.4 Å². The van der Waals surface area contributed by atoms with Crippen LogP contribution in [0.1, 0.15) is 30.9 Å². The summed E-state index contributed by atoms with van der Waals surface area (Å²) in [4.78, 5) is 6.71. The number of anilines is 2. The zero-order valence-corrected chi connectivity index (χ0v) is 16.7. The molecule has 10 heteroatoms. The van der Waals surface area contributed by atoms with Crippen molar-refractivity contribution in [2.24, 2.45) is 0 Å². The van der Waals surface area contributed by atoms with E-state index in [1.807, 2.05) is 11.0 Å². The molecule has 156 valence electrons. The van der Waals surface area contributed by atoms with Crippen LogP contribution in [0.5, 0.6) is 0 Å². The fraction of sp³-hybridized carbons (Fsp3) is 0.350. The molecule has 1 aliphatic heterocycles. The maximum atomic E-state index is 14.4. The minimum atomic E-state index is -0.453. The lowest BCUT2D eigenvalue weighted by atomic mass is 10.0. The number of nitrogens with zero attached hydrogens (tertiary/aromatic N) is 4. The van der Waals surface area contributed by atoms with E-state index in [2.05, 4.69) is 15.7 Å². The fourth-order valence-corrected chi connectivity index (χ4v) is 4.17. The zero-order valence-electron chi connectivity index (χ0n) is 15.9. The molecule has 7 nitrogen and oxygen atoms in total. The molecule has 1 aromatic carbocycles. The molecule has 3 atom stereocenters. The number of halogens is 2. The molecule has 0 radical (unpaired) electrons. The molecule has 0 spiro atoms. The van der Waals surface area contributed by atoms with Crippen LogP contribution >= 0.6 is 12.2 Å². The summed E-state index contributed by atoms with van der Waals surface area (Å²) in [5.41, 5.74) is 1.53. The summed E-state index contributed by atoms with van der Waals surface area (Å²) >= 11 is 5.30. The maximum Gasteiger partial charge on any atom is 0.180 e. The standard InChI is InChI=1S/C20H20F2N6OS/c21-11-3-4-13(22)12(8-11)16-2-1-6-27(16)18-5-7-28-19(26-18)15(10-23-28)25-20(30)24-14-9-17(14)29/h3-5,7-8,10,14,16-17,29H,1-2,6,9H2,(H2,24,25,30)/t14-,16-,17-/m1/s1. The fourth-order valence-electron chi connectivity index (χ4n) is 3.91.